The minimum absolute atomic E-state index is 0.0357. The molecule has 0 spiro atoms. The van der Waals surface area contributed by atoms with Crippen molar-refractivity contribution in [2.45, 2.75) is 34.1 Å². The van der Waals surface area contributed by atoms with Gasteiger partial charge in [-0.25, -0.2) is 0 Å². The first-order valence-corrected chi connectivity index (χ1v) is 6.34. The van der Waals surface area contributed by atoms with Crippen LogP contribution in [0.5, 0.6) is 0 Å². The molecule has 3 nitrogen and oxygen atoms in total. The predicted molar refractivity (Wildman–Crippen MR) is 74.3 cm³/mol. The summed E-state index contributed by atoms with van der Waals surface area (Å²) >= 11 is 0. The summed E-state index contributed by atoms with van der Waals surface area (Å²) in [5, 5.41) is 6.45. The molecule has 1 amide bonds. The fraction of sp³-hybridized carbons (Fsp3) is 0.400. The van der Waals surface area contributed by atoms with Crippen molar-refractivity contribution < 1.29 is 4.79 Å². The Bertz CT molecular complexity index is 509. The van der Waals surface area contributed by atoms with Crippen molar-refractivity contribution in [3.05, 3.63) is 41.2 Å². The van der Waals surface area contributed by atoms with Gasteiger partial charge >= 0.3 is 0 Å². The molecule has 0 fully saturated rings. The van der Waals surface area contributed by atoms with Crippen molar-refractivity contribution >= 4 is 11.6 Å². The SMILES string of the molecule is CCC1=C(C(C)(C)C)NC(=O)c2ccccc2N1. The molecule has 0 radical (unpaired) electrons. The van der Waals surface area contributed by atoms with Gasteiger partial charge in [-0.15, -0.1) is 0 Å². The number of carbonyl (C=O) groups excluding carboxylic acids is 1. The van der Waals surface area contributed by atoms with Crippen LogP contribution in [0.25, 0.3) is 0 Å². The molecule has 1 heterocycles. The second-order valence-electron chi connectivity index (χ2n) is 5.58. The quantitative estimate of drug-likeness (QED) is 0.793. The zero-order valence-corrected chi connectivity index (χ0v) is 11.4. The first kappa shape index (κ1) is 12.7. The van der Waals surface area contributed by atoms with Gasteiger partial charge in [-0.2, -0.15) is 0 Å². The normalized spacial score (nSPS) is 15.7. The third-order valence-corrected chi connectivity index (χ3v) is 3.10. The third kappa shape index (κ3) is 2.26. The summed E-state index contributed by atoms with van der Waals surface area (Å²) in [5.74, 6) is -0.0357. The lowest BCUT2D eigenvalue weighted by Crippen LogP contribution is -2.30. The molecular weight excluding hydrogens is 224 g/mol. The number of amides is 1. The fourth-order valence-corrected chi connectivity index (χ4v) is 2.18. The minimum Gasteiger partial charge on any atom is -0.357 e. The van der Waals surface area contributed by atoms with Crippen LogP contribution in [0.4, 0.5) is 5.69 Å². The molecule has 2 rings (SSSR count). The molecule has 0 bridgehead atoms. The largest absolute Gasteiger partial charge is 0.357 e. The molecule has 0 atom stereocenters. The summed E-state index contributed by atoms with van der Waals surface area (Å²) in [6.07, 6.45) is 0.862. The molecule has 1 aliphatic rings. The minimum atomic E-state index is -0.0873. The predicted octanol–water partition coefficient (Wildman–Crippen LogP) is 3.51. The van der Waals surface area contributed by atoms with Gasteiger partial charge in [0, 0.05) is 16.8 Å². The van der Waals surface area contributed by atoms with E-state index < -0.39 is 0 Å². The van der Waals surface area contributed by atoms with Gasteiger partial charge in [-0.05, 0) is 18.6 Å². The molecule has 96 valence electrons. The van der Waals surface area contributed by atoms with Crippen LogP contribution < -0.4 is 10.6 Å². The van der Waals surface area contributed by atoms with Gasteiger partial charge in [0.2, 0.25) is 0 Å². The van der Waals surface area contributed by atoms with E-state index >= 15 is 0 Å². The number of carbonyl (C=O) groups is 1. The number of rotatable bonds is 1. The molecule has 0 saturated heterocycles. The first-order chi connectivity index (χ1) is 8.43. The molecule has 1 aliphatic heterocycles. The number of benzene rings is 1. The summed E-state index contributed by atoms with van der Waals surface area (Å²) in [5.41, 5.74) is 3.55. The molecule has 3 heteroatoms. The van der Waals surface area contributed by atoms with Gasteiger partial charge in [0.1, 0.15) is 0 Å². The number of nitrogens with one attached hydrogen (secondary N) is 2. The van der Waals surface area contributed by atoms with E-state index in [2.05, 4.69) is 38.3 Å². The lowest BCUT2D eigenvalue weighted by molar-refractivity contribution is 0.0959. The summed E-state index contributed by atoms with van der Waals surface area (Å²) in [6.45, 7) is 8.41. The van der Waals surface area contributed by atoms with Gasteiger partial charge in [0.15, 0.2) is 0 Å². The van der Waals surface area contributed by atoms with Crippen molar-refractivity contribution in [2.24, 2.45) is 5.41 Å². The monoisotopic (exact) mass is 244 g/mol. The Morgan fingerprint density at radius 2 is 1.78 bits per heavy atom. The van der Waals surface area contributed by atoms with Crippen LogP contribution in [0, 0.1) is 5.41 Å². The van der Waals surface area contributed by atoms with Crippen LogP contribution in [0.2, 0.25) is 0 Å². The maximum absolute atomic E-state index is 12.2. The zero-order chi connectivity index (χ0) is 13.3. The van der Waals surface area contributed by atoms with Crippen molar-refractivity contribution in [1.29, 1.82) is 0 Å². The van der Waals surface area contributed by atoms with Crippen LogP contribution in [-0.2, 0) is 0 Å². The van der Waals surface area contributed by atoms with E-state index in [0.29, 0.717) is 5.56 Å². The van der Waals surface area contributed by atoms with E-state index in [9.17, 15) is 4.79 Å². The van der Waals surface area contributed by atoms with E-state index in [-0.39, 0.29) is 11.3 Å². The summed E-state index contributed by atoms with van der Waals surface area (Å²) in [7, 11) is 0. The van der Waals surface area contributed by atoms with E-state index in [1.807, 2.05) is 24.3 Å². The van der Waals surface area contributed by atoms with Gasteiger partial charge in [0.05, 0.1) is 11.3 Å². The molecular formula is C15H20N2O. The number of allylic oxidation sites excluding steroid dienone is 2. The first-order valence-electron chi connectivity index (χ1n) is 6.34. The van der Waals surface area contributed by atoms with Crippen molar-refractivity contribution in [3.8, 4) is 0 Å². The summed E-state index contributed by atoms with van der Waals surface area (Å²) < 4.78 is 0. The highest BCUT2D eigenvalue weighted by Gasteiger charge is 2.27. The highest BCUT2D eigenvalue weighted by atomic mass is 16.1. The third-order valence-electron chi connectivity index (χ3n) is 3.10. The van der Waals surface area contributed by atoms with Crippen molar-refractivity contribution in [3.63, 3.8) is 0 Å². The Balaban J connectivity index is 2.53. The van der Waals surface area contributed by atoms with Crippen LogP contribution in [0.1, 0.15) is 44.5 Å². The fourth-order valence-electron chi connectivity index (χ4n) is 2.18. The highest BCUT2D eigenvalue weighted by molar-refractivity contribution is 6.01. The van der Waals surface area contributed by atoms with Crippen LogP contribution in [-0.4, -0.2) is 5.91 Å². The van der Waals surface area contributed by atoms with Gasteiger partial charge in [-0.3, -0.25) is 4.79 Å². The van der Waals surface area contributed by atoms with E-state index in [1.165, 1.54) is 0 Å². The molecule has 0 aromatic heterocycles. The standard InChI is InChI=1S/C15H20N2O/c1-5-11-13(15(2,3)4)17-14(18)10-8-6-7-9-12(10)16-11/h6-9,16H,5H2,1-4H3,(H,17,18). The average Bonchev–Trinajstić information content (AvgIpc) is 2.46. The molecule has 1 aromatic carbocycles. The van der Waals surface area contributed by atoms with Gasteiger partial charge < -0.3 is 10.6 Å². The maximum atomic E-state index is 12.2. The van der Waals surface area contributed by atoms with E-state index in [1.54, 1.807) is 0 Å². The van der Waals surface area contributed by atoms with Crippen molar-refractivity contribution in [2.75, 3.05) is 5.32 Å². The van der Waals surface area contributed by atoms with Crippen LogP contribution >= 0.6 is 0 Å². The Kier molecular flexibility index (Phi) is 3.16. The molecule has 2 N–H and O–H groups in total. The van der Waals surface area contributed by atoms with E-state index in [0.717, 1.165) is 23.5 Å². The van der Waals surface area contributed by atoms with Crippen molar-refractivity contribution in [1.82, 2.24) is 5.32 Å². The summed E-state index contributed by atoms with van der Waals surface area (Å²) in [4.78, 5) is 12.2. The number of para-hydroxylation sites is 1. The number of anilines is 1. The number of hydrogen-bond acceptors (Lipinski definition) is 2. The number of fused-ring (bicyclic) bond motifs is 1. The smallest absolute Gasteiger partial charge is 0.257 e. The Morgan fingerprint density at radius 3 is 2.39 bits per heavy atom. The highest BCUT2D eigenvalue weighted by Crippen LogP contribution is 2.31. The lowest BCUT2D eigenvalue weighted by atomic mass is 9.90. The number of hydrogen-bond donors (Lipinski definition) is 2. The molecule has 0 aliphatic carbocycles. The maximum Gasteiger partial charge on any atom is 0.257 e. The zero-order valence-electron chi connectivity index (χ0n) is 11.4. The molecule has 1 aromatic rings. The van der Waals surface area contributed by atoms with Crippen LogP contribution in [0.3, 0.4) is 0 Å². The molecule has 0 saturated carbocycles. The van der Waals surface area contributed by atoms with Gasteiger partial charge in [0.25, 0.3) is 5.91 Å². The summed E-state index contributed by atoms with van der Waals surface area (Å²) in [6, 6.07) is 7.61. The Morgan fingerprint density at radius 1 is 1.11 bits per heavy atom. The van der Waals surface area contributed by atoms with Gasteiger partial charge in [-0.1, -0.05) is 39.8 Å². The Hall–Kier alpha value is -1.77. The second-order valence-corrected chi connectivity index (χ2v) is 5.58. The lowest BCUT2D eigenvalue weighted by Gasteiger charge is -2.25. The second kappa shape index (κ2) is 4.48. The van der Waals surface area contributed by atoms with E-state index in [4.69, 9.17) is 0 Å². The Labute approximate surface area is 108 Å². The molecule has 18 heavy (non-hydrogen) atoms. The molecule has 0 unspecified atom stereocenters. The van der Waals surface area contributed by atoms with Crippen LogP contribution in [0.15, 0.2) is 35.7 Å². The topological polar surface area (TPSA) is 41.1 Å². The average molecular weight is 244 g/mol.